The Hall–Kier alpha value is -1.98. The number of carbonyl (C=O) groups excluding carboxylic acids is 1. The van der Waals surface area contributed by atoms with Gasteiger partial charge in [0.1, 0.15) is 5.82 Å². The van der Waals surface area contributed by atoms with Crippen LogP contribution in [-0.4, -0.2) is 42.6 Å². The van der Waals surface area contributed by atoms with Crippen molar-refractivity contribution >= 4 is 22.5 Å². The SMILES string of the molecule is CCC(NC1CCCCC1)C(CNc1nc2ccc(C)cc2cc1C(C)=O)OC. The fourth-order valence-electron chi connectivity index (χ4n) is 4.35. The summed E-state index contributed by atoms with van der Waals surface area (Å²) in [5.41, 5.74) is 2.68. The van der Waals surface area contributed by atoms with Gasteiger partial charge in [0.05, 0.1) is 17.2 Å². The van der Waals surface area contributed by atoms with Crippen LogP contribution in [0.1, 0.15) is 68.3 Å². The van der Waals surface area contributed by atoms with Crippen molar-refractivity contribution in [2.45, 2.75) is 77.5 Å². The van der Waals surface area contributed by atoms with Crippen molar-refractivity contribution in [2.75, 3.05) is 19.0 Å². The largest absolute Gasteiger partial charge is 0.378 e. The summed E-state index contributed by atoms with van der Waals surface area (Å²) in [7, 11) is 1.76. The van der Waals surface area contributed by atoms with Crippen LogP contribution >= 0.6 is 0 Å². The molecule has 1 aromatic carbocycles. The van der Waals surface area contributed by atoms with Gasteiger partial charge in [0.25, 0.3) is 0 Å². The molecule has 5 heteroatoms. The number of rotatable bonds is 9. The summed E-state index contributed by atoms with van der Waals surface area (Å²) in [5.74, 6) is 0.660. The van der Waals surface area contributed by atoms with Crippen LogP contribution in [0.25, 0.3) is 10.9 Å². The summed E-state index contributed by atoms with van der Waals surface area (Å²) in [6, 6.07) is 8.93. The van der Waals surface area contributed by atoms with Gasteiger partial charge in [0.2, 0.25) is 0 Å². The lowest BCUT2D eigenvalue weighted by Crippen LogP contribution is -2.49. The van der Waals surface area contributed by atoms with Crippen molar-refractivity contribution in [2.24, 2.45) is 0 Å². The van der Waals surface area contributed by atoms with E-state index in [2.05, 4.69) is 23.6 Å². The first kappa shape index (κ1) is 21.7. The predicted octanol–water partition coefficient (Wildman–Crippen LogP) is 4.87. The van der Waals surface area contributed by atoms with E-state index in [1.165, 1.54) is 32.1 Å². The third-order valence-electron chi connectivity index (χ3n) is 6.07. The normalized spacial score (nSPS) is 17.2. The van der Waals surface area contributed by atoms with Crippen molar-refractivity contribution in [3.05, 3.63) is 35.4 Å². The maximum atomic E-state index is 12.2. The summed E-state index contributed by atoms with van der Waals surface area (Å²) < 4.78 is 5.83. The van der Waals surface area contributed by atoms with Crippen molar-refractivity contribution in [1.82, 2.24) is 10.3 Å². The number of hydrogen-bond acceptors (Lipinski definition) is 5. The molecule has 3 rings (SSSR count). The zero-order valence-electron chi connectivity index (χ0n) is 18.3. The van der Waals surface area contributed by atoms with E-state index >= 15 is 0 Å². The van der Waals surface area contributed by atoms with Crippen LogP contribution in [0, 0.1) is 6.92 Å². The van der Waals surface area contributed by atoms with Crippen LogP contribution in [0.5, 0.6) is 0 Å². The van der Waals surface area contributed by atoms with Crippen LogP contribution in [0.2, 0.25) is 0 Å². The van der Waals surface area contributed by atoms with Gasteiger partial charge in [-0.25, -0.2) is 4.98 Å². The molecule has 1 aliphatic rings. The molecular weight excluding hydrogens is 362 g/mol. The smallest absolute Gasteiger partial charge is 0.163 e. The molecule has 1 aliphatic carbocycles. The average molecular weight is 398 g/mol. The number of aromatic nitrogens is 1. The Labute approximate surface area is 174 Å². The van der Waals surface area contributed by atoms with E-state index < -0.39 is 0 Å². The molecule has 0 aliphatic heterocycles. The Kier molecular flexibility index (Phi) is 7.62. The number of aryl methyl sites for hydroxylation is 1. The van der Waals surface area contributed by atoms with Crippen molar-refractivity contribution in [3.8, 4) is 0 Å². The monoisotopic (exact) mass is 397 g/mol. The number of hydrogen-bond donors (Lipinski definition) is 2. The topological polar surface area (TPSA) is 63.2 Å². The molecule has 2 aromatic rings. The molecule has 0 bridgehead atoms. The Bertz CT molecular complexity index is 830. The number of nitrogens with one attached hydrogen (secondary N) is 2. The second-order valence-corrected chi connectivity index (χ2v) is 8.31. The van der Waals surface area contributed by atoms with E-state index in [-0.39, 0.29) is 17.9 Å². The van der Waals surface area contributed by atoms with Gasteiger partial charge in [-0.3, -0.25) is 4.79 Å². The number of Topliss-reactive ketones (excluding diaryl/α,β-unsaturated/α-hetero) is 1. The third kappa shape index (κ3) is 5.55. The highest BCUT2D eigenvalue weighted by molar-refractivity contribution is 6.02. The van der Waals surface area contributed by atoms with Crippen LogP contribution in [0.15, 0.2) is 24.3 Å². The minimum absolute atomic E-state index is 0.0113. The minimum atomic E-state index is 0.0113. The van der Waals surface area contributed by atoms with Gasteiger partial charge in [-0.15, -0.1) is 0 Å². The maximum Gasteiger partial charge on any atom is 0.163 e. The number of anilines is 1. The summed E-state index contributed by atoms with van der Waals surface area (Å²) in [6.45, 7) is 6.45. The zero-order chi connectivity index (χ0) is 20.8. The van der Waals surface area contributed by atoms with Crippen LogP contribution in [0.4, 0.5) is 5.82 Å². The highest BCUT2D eigenvalue weighted by Crippen LogP contribution is 2.23. The highest BCUT2D eigenvalue weighted by atomic mass is 16.5. The van der Waals surface area contributed by atoms with Crippen molar-refractivity contribution in [1.29, 1.82) is 0 Å². The van der Waals surface area contributed by atoms with Crippen LogP contribution in [0.3, 0.4) is 0 Å². The number of ether oxygens (including phenoxy) is 1. The Morgan fingerprint density at radius 3 is 2.66 bits per heavy atom. The highest BCUT2D eigenvalue weighted by Gasteiger charge is 2.24. The molecule has 0 radical (unpaired) electrons. The Morgan fingerprint density at radius 2 is 2.00 bits per heavy atom. The number of benzene rings is 1. The van der Waals surface area contributed by atoms with Crippen molar-refractivity contribution in [3.63, 3.8) is 0 Å². The van der Waals surface area contributed by atoms with Gasteiger partial charge in [-0.05, 0) is 51.3 Å². The second kappa shape index (κ2) is 10.2. The number of pyridine rings is 1. The first-order valence-electron chi connectivity index (χ1n) is 11.0. The molecule has 1 aromatic heterocycles. The molecule has 5 nitrogen and oxygen atoms in total. The van der Waals surface area contributed by atoms with Gasteiger partial charge in [-0.2, -0.15) is 0 Å². The molecule has 2 N–H and O–H groups in total. The molecule has 158 valence electrons. The Morgan fingerprint density at radius 1 is 1.24 bits per heavy atom. The van der Waals surface area contributed by atoms with Crippen molar-refractivity contribution < 1.29 is 9.53 Å². The summed E-state index contributed by atoms with van der Waals surface area (Å²) in [4.78, 5) is 17.0. The lowest BCUT2D eigenvalue weighted by molar-refractivity contribution is 0.0699. The van der Waals surface area contributed by atoms with E-state index in [9.17, 15) is 4.79 Å². The van der Waals surface area contributed by atoms with E-state index in [0.29, 0.717) is 24.0 Å². The van der Waals surface area contributed by atoms with Gasteiger partial charge < -0.3 is 15.4 Å². The van der Waals surface area contributed by atoms with E-state index in [1.54, 1.807) is 14.0 Å². The number of nitrogens with zero attached hydrogens (tertiary/aromatic N) is 1. The van der Waals surface area contributed by atoms with Gasteiger partial charge in [0, 0.05) is 31.1 Å². The van der Waals surface area contributed by atoms with Crippen LogP contribution < -0.4 is 10.6 Å². The molecule has 1 saturated carbocycles. The van der Waals surface area contributed by atoms with E-state index in [4.69, 9.17) is 9.72 Å². The van der Waals surface area contributed by atoms with E-state index in [0.717, 1.165) is 22.9 Å². The quantitative estimate of drug-likeness (QED) is 0.591. The molecule has 29 heavy (non-hydrogen) atoms. The predicted molar refractivity (Wildman–Crippen MR) is 120 cm³/mol. The lowest BCUT2D eigenvalue weighted by Gasteiger charge is -2.32. The number of ketones is 1. The molecule has 2 unspecified atom stereocenters. The van der Waals surface area contributed by atoms with Gasteiger partial charge in [-0.1, -0.05) is 37.8 Å². The standard InChI is InChI=1S/C24H35N3O2/c1-5-21(26-19-9-7-6-8-10-19)23(29-4)15-25-24-20(17(3)28)14-18-13-16(2)11-12-22(18)27-24/h11-14,19,21,23,26H,5-10,15H2,1-4H3,(H,25,27). The van der Waals surface area contributed by atoms with Gasteiger partial charge >= 0.3 is 0 Å². The maximum absolute atomic E-state index is 12.2. The number of methoxy groups -OCH3 is 1. The molecule has 0 amide bonds. The number of carbonyl (C=O) groups is 1. The summed E-state index contributed by atoms with van der Waals surface area (Å²) in [5, 5.41) is 8.22. The summed E-state index contributed by atoms with van der Waals surface area (Å²) >= 11 is 0. The molecule has 1 heterocycles. The fraction of sp³-hybridized carbons (Fsp3) is 0.583. The average Bonchev–Trinajstić information content (AvgIpc) is 2.73. The summed E-state index contributed by atoms with van der Waals surface area (Å²) in [6.07, 6.45) is 7.49. The minimum Gasteiger partial charge on any atom is -0.378 e. The molecule has 0 spiro atoms. The van der Waals surface area contributed by atoms with E-state index in [1.807, 2.05) is 25.1 Å². The molecule has 1 fully saturated rings. The van der Waals surface area contributed by atoms with Crippen LogP contribution in [-0.2, 0) is 4.74 Å². The first-order valence-corrected chi connectivity index (χ1v) is 11.0. The third-order valence-corrected chi connectivity index (χ3v) is 6.07. The Balaban J connectivity index is 1.74. The molecule has 2 atom stereocenters. The first-order chi connectivity index (χ1) is 14.0. The fourth-order valence-corrected chi connectivity index (χ4v) is 4.35. The lowest BCUT2D eigenvalue weighted by atomic mass is 9.94. The number of fused-ring (bicyclic) bond motifs is 1. The zero-order valence-corrected chi connectivity index (χ0v) is 18.3. The second-order valence-electron chi connectivity index (χ2n) is 8.31. The van der Waals surface area contributed by atoms with Gasteiger partial charge in [0.15, 0.2) is 5.78 Å². The molecular formula is C24H35N3O2. The molecule has 0 saturated heterocycles.